The quantitative estimate of drug-likeness (QED) is 0.0386. The molecule has 0 aliphatic rings. The van der Waals surface area contributed by atoms with Gasteiger partial charge in [-0.05, 0) is 91.1 Å². The number of nitrogens with zero attached hydrogens (tertiary/aromatic N) is 1. The van der Waals surface area contributed by atoms with Crippen LogP contribution >= 0.6 is 0 Å². The SMILES string of the molecule is CCCCCC=CCC=CCCCCCCCCC(CCCCCCCCCCCC=CCCCCC)C(=O)OCCCN(C)C. The van der Waals surface area contributed by atoms with Crippen LogP contribution in [0.4, 0.5) is 0 Å². The highest BCUT2D eigenvalue weighted by atomic mass is 16.5. The lowest BCUT2D eigenvalue weighted by Gasteiger charge is -2.17. The van der Waals surface area contributed by atoms with Crippen molar-refractivity contribution in [2.45, 2.75) is 200 Å². The van der Waals surface area contributed by atoms with Crippen molar-refractivity contribution in [2.75, 3.05) is 27.2 Å². The van der Waals surface area contributed by atoms with E-state index in [9.17, 15) is 4.79 Å². The minimum Gasteiger partial charge on any atom is -0.465 e. The number of unbranched alkanes of at least 4 members (excludes halogenated alkanes) is 21. The second kappa shape index (κ2) is 38.1. The molecule has 0 aliphatic heterocycles. The molecule has 1 unspecified atom stereocenters. The lowest BCUT2D eigenvalue weighted by molar-refractivity contribution is -0.149. The molecule has 0 aromatic carbocycles. The maximum Gasteiger partial charge on any atom is 0.308 e. The number of esters is 1. The Morgan fingerprint density at radius 3 is 1.28 bits per heavy atom. The molecule has 270 valence electrons. The van der Waals surface area contributed by atoms with Gasteiger partial charge in [0.2, 0.25) is 0 Å². The standard InChI is InChI=1S/C43H81NO2/c1-5-7-9-11-13-15-17-19-21-23-25-27-29-31-33-35-38-42(43(45)46-41-37-40-44(3)4)39-36-34-32-30-28-26-24-22-20-18-16-14-12-10-8-6-2/h13-16,19,21,42H,5-12,17-18,20,22-41H2,1-4H3. The Hall–Kier alpha value is -1.35. The largest absolute Gasteiger partial charge is 0.465 e. The van der Waals surface area contributed by atoms with Crippen LogP contribution in [0.25, 0.3) is 0 Å². The summed E-state index contributed by atoms with van der Waals surface area (Å²) in [5, 5.41) is 0. The second-order valence-corrected chi connectivity index (χ2v) is 14.1. The molecule has 0 spiro atoms. The van der Waals surface area contributed by atoms with E-state index in [4.69, 9.17) is 4.74 Å². The van der Waals surface area contributed by atoms with Gasteiger partial charge in [-0.3, -0.25) is 4.79 Å². The maximum atomic E-state index is 12.9. The van der Waals surface area contributed by atoms with Gasteiger partial charge in [0.05, 0.1) is 12.5 Å². The molecule has 0 aromatic rings. The van der Waals surface area contributed by atoms with Crippen LogP contribution in [0, 0.1) is 5.92 Å². The molecule has 0 saturated heterocycles. The Morgan fingerprint density at radius 2 is 0.870 bits per heavy atom. The average Bonchev–Trinajstić information content (AvgIpc) is 3.05. The summed E-state index contributed by atoms with van der Waals surface area (Å²) in [4.78, 5) is 15.1. The first-order valence-electron chi connectivity index (χ1n) is 20.4. The summed E-state index contributed by atoms with van der Waals surface area (Å²) in [6.07, 6.45) is 50.8. The van der Waals surface area contributed by atoms with E-state index in [1.165, 1.54) is 154 Å². The van der Waals surface area contributed by atoms with E-state index in [1.807, 2.05) is 0 Å². The number of allylic oxidation sites excluding steroid dienone is 6. The van der Waals surface area contributed by atoms with Gasteiger partial charge in [-0.25, -0.2) is 0 Å². The number of carbonyl (C=O) groups is 1. The highest BCUT2D eigenvalue weighted by Gasteiger charge is 2.19. The number of carbonyl (C=O) groups excluding carboxylic acids is 1. The topological polar surface area (TPSA) is 29.5 Å². The Bertz CT molecular complexity index is 695. The summed E-state index contributed by atoms with van der Waals surface area (Å²) in [5.41, 5.74) is 0. The lowest BCUT2D eigenvalue weighted by atomic mass is 9.94. The Labute approximate surface area is 289 Å². The van der Waals surface area contributed by atoms with Gasteiger partial charge in [0.1, 0.15) is 0 Å². The van der Waals surface area contributed by atoms with E-state index < -0.39 is 0 Å². The zero-order valence-electron chi connectivity index (χ0n) is 31.7. The molecule has 0 aromatic heterocycles. The van der Waals surface area contributed by atoms with Crippen LogP contribution in [0.5, 0.6) is 0 Å². The van der Waals surface area contributed by atoms with E-state index in [-0.39, 0.29) is 11.9 Å². The van der Waals surface area contributed by atoms with Crippen molar-refractivity contribution < 1.29 is 9.53 Å². The molecule has 0 heterocycles. The van der Waals surface area contributed by atoms with Crippen molar-refractivity contribution in [3.63, 3.8) is 0 Å². The summed E-state index contributed by atoms with van der Waals surface area (Å²) in [6, 6.07) is 0. The lowest BCUT2D eigenvalue weighted by Crippen LogP contribution is -2.21. The number of rotatable bonds is 36. The van der Waals surface area contributed by atoms with Crippen molar-refractivity contribution in [3.8, 4) is 0 Å². The third-order valence-electron chi connectivity index (χ3n) is 9.14. The normalized spacial score (nSPS) is 12.8. The number of hydrogen-bond acceptors (Lipinski definition) is 3. The zero-order valence-corrected chi connectivity index (χ0v) is 31.7. The van der Waals surface area contributed by atoms with Crippen LogP contribution in [0.1, 0.15) is 200 Å². The molecule has 3 heteroatoms. The minimum absolute atomic E-state index is 0.0668. The van der Waals surface area contributed by atoms with Crippen LogP contribution in [-0.2, 0) is 9.53 Å². The van der Waals surface area contributed by atoms with E-state index in [0.717, 1.165) is 38.6 Å². The van der Waals surface area contributed by atoms with Crippen molar-refractivity contribution in [1.29, 1.82) is 0 Å². The van der Waals surface area contributed by atoms with Gasteiger partial charge in [-0.1, -0.05) is 159 Å². The molecule has 46 heavy (non-hydrogen) atoms. The second-order valence-electron chi connectivity index (χ2n) is 14.1. The fourth-order valence-electron chi connectivity index (χ4n) is 6.07. The molecule has 0 N–H and O–H groups in total. The van der Waals surface area contributed by atoms with Crippen molar-refractivity contribution in [1.82, 2.24) is 4.90 Å². The van der Waals surface area contributed by atoms with Gasteiger partial charge in [0.25, 0.3) is 0 Å². The highest BCUT2D eigenvalue weighted by Crippen LogP contribution is 2.21. The Kier molecular flexibility index (Phi) is 37.0. The smallest absolute Gasteiger partial charge is 0.308 e. The van der Waals surface area contributed by atoms with Gasteiger partial charge in [0, 0.05) is 6.54 Å². The molecule has 0 fully saturated rings. The molecular weight excluding hydrogens is 562 g/mol. The summed E-state index contributed by atoms with van der Waals surface area (Å²) < 4.78 is 5.73. The molecule has 0 rings (SSSR count). The van der Waals surface area contributed by atoms with Crippen LogP contribution in [0.3, 0.4) is 0 Å². The zero-order chi connectivity index (χ0) is 33.6. The van der Waals surface area contributed by atoms with E-state index in [0.29, 0.717) is 6.61 Å². The molecule has 0 aliphatic carbocycles. The summed E-state index contributed by atoms with van der Waals surface area (Å²) in [7, 11) is 4.15. The third-order valence-corrected chi connectivity index (χ3v) is 9.14. The summed E-state index contributed by atoms with van der Waals surface area (Å²) in [6.45, 7) is 6.07. The van der Waals surface area contributed by atoms with Crippen LogP contribution in [0.2, 0.25) is 0 Å². The minimum atomic E-state index is 0.0668. The van der Waals surface area contributed by atoms with E-state index in [2.05, 4.69) is 69.3 Å². The first kappa shape index (κ1) is 44.6. The van der Waals surface area contributed by atoms with Gasteiger partial charge in [0.15, 0.2) is 0 Å². The van der Waals surface area contributed by atoms with Gasteiger partial charge in [-0.15, -0.1) is 0 Å². The number of hydrogen-bond donors (Lipinski definition) is 0. The molecular formula is C43H81NO2. The van der Waals surface area contributed by atoms with Crippen LogP contribution < -0.4 is 0 Å². The Morgan fingerprint density at radius 1 is 0.500 bits per heavy atom. The molecule has 0 amide bonds. The molecule has 1 atom stereocenters. The van der Waals surface area contributed by atoms with Gasteiger partial charge < -0.3 is 9.64 Å². The molecule has 0 saturated carbocycles. The van der Waals surface area contributed by atoms with Crippen molar-refractivity contribution >= 4 is 5.97 Å². The predicted molar refractivity (Wildman–Crippen MR) is 206 cm³/mol. The van der Waals surface area contributed by atoms with Crippen LogP contribution in [0.15, 0.2) is 36.5 Å². The molecule has 0 radical (unpaired) electrons. The monoisotopic (exact) mass is 644 g/mol. The third kappa shape index (κ3) is 35.5. The van der Waals surface area contributed by atoms with E-state index in [1.54, 1.807) is 0 Å². The maximum absolute atomic E-state index is 12.9. The first-order chi connectivity index (χ1) is 22.6. The van der Waals surface area contributed by atoms with Crippen molar-refractivity contribution in [3.05, 3.63) is 36.5 Å². The average molecular weight is 644 g/mol. The fraction of sp³-hybridized carbons (Fsp3) is 0.837. The van der Waals surface area contributed by atoms with Crippen molar-refractivity contribution in [2.24, 2.45) is 5.92 Å². The van der Waals surface area contributed by atoms with Crippen LogP contribution in [-0.4, -0.2) is 38.1 Å². The number of ether oxygens (including phenoxy) is 1. The van der Waals surface area contributed by atoms with E-state index >= 15 is 0 Å². The highest BCUT2D eigenvalue weighted by molar-refractivity contribution is 5.72. The van der Waals surface area contributed by atoms with Gasteiger partial charge in [-0.2, -0.15) is 0 Å². The summed E-state index contributed by atoms with van der Waals surface area (Å²) in [5.74, 6) is 0.169. The van der Waals surface area contributed by atoms with Gasteiger partial charge >= 0.3 is 5.97 Å². The Balaban J connectivity index is 3.98. The summed E-state index contributed by atoms with van der Waals surface area (Å²) >= 11 is 0. The molecule has 3 nitrogen and oxygen atoms in total. The fourth-order valence-corrected chi connectivity index (χ4v) is 6.07. The first-order valence-corrected chi connectivity index (χ1v) is 20.4. The molecule has 0 bridgehead atoms. The predicted octanol–water partition coefficient (Wildman–Crippen LogP) is 13.7.